The fourth-order valence-corrected chi connectivity index (χ4v) is 1.76. The maximum atomic E-state index is 5.85. The van der Waals surface area contributed by atoms with E-state index < -0.39 is 0 Å². The van der Waals surface area contributed by atoms with Gasteiger partial charge < -0.3 is 4.74 Å². The summed E-state index contributed by atoms with van der Waals surface area (Å²) in [6.07, 6.45) is 1.70. The van der Waals surface area contributed by atoms with Gasteiger partial charge in [0.15, 0.2) is 0 Å². The van der Waals surface area contributed by atoms with Crippen molar-refractivity contribution in [2.45, 2.75) is 19.7 Å². The molecule has 1 aromatic carbocycles. The highest BCUT2D eigenvalue weighted by Crippen LogP contribution is 2.28. The predicted molar refractivity (Wildman–Crippen MR) is 69.8 cm³/mol. The Morgan fingerprint density at radius 3 is 2.76 bits per heavy atom. The summed E-state index contributed by atoms with van der Waals surface area (Å²) < 4.78 is 5.82. The SMILES string of the molecule is Cc1cccc(Oc2ncccc2CCl)c1C. The van der Waals surface area contributed by atoms with Crippen LogP contribution in [0.25, 0.3) is 0 Å². The maximum absolute atomic E-state index is 5.85. The monoisotopic (exact) mass is 247 g/mol. The Bertz CT molecular complexity index is 525. The Hall–Kier alpha value is -1.54. The Kier molecular flexibility index (Phi) is 3.64. The van der Waals surface area contributed by atoms with E-state index in [0.717, 1.165) is 16.9 Å². The van der Waals surface area contributed by atoms with E-state index in [4.69, 9.17) is 16.3 Å². The number of hydrogen-bond donors (Lipinski definition) is 0. The lowest BCUT2D eigenvalue weighted by Gasteiger charge is -2.11. The van der Waals surface area contributed by atoms with E-state index >= 15 is 0 Å². The molecule has 0 saturated carbocycles. The largest absolute Gasteiger partial charge is 0.438 e. The number of halogens is 1. The van der Waals surface area contributed by atoms with Gasteiger partial charge in [-0.2, -0.15) is 0 Å². The van der Waals surface area contributed by atoms with Gasteiger partial charge in [0.1, 0.15) is 5.75 Å². The third kappa shape index (κ3) is 2.59. The van der Waals surface area contributed by atoms with Crippen LogP contribution in [0.15, 0.2) is 36.5 Å². The lowest BCUT2D eigenvalue weighted by Crippen LogP contribution is -1.95. The summed E-state index contributed by atoms with van der Waals surface area (Å²) in [4.78, 5) is 4.21. The Morgan fingerprint density at radius 2 is 2.00 bits per heavy atom. The van der Waals surface area contributed by atoms with Crippen molar-refractivity contribution >= 4 is 11.6 Å². The Labute approximate surface area is 106 Å². The number of rotatable bonds is 3. The van der Waals surface area contributed by atoms with E-state index in [2.05, 4.69) is 18.0 Å². The summed E-state index contributed by atoms with van der Waals surface area (Å²) in [5.74, 6) is 1.81. The minimum Gasteiger partial charge on any atom is -0.438 e. The fraction of sp³-hybridized carbons (Fsp3) is 0.214. The first-order valence-corrected chi connectivity index (χ1v) is 5.99. The van der Waals surface area contributed by atoms with Crippen LogP contribution in [0.1, 0.15) is 16.7 Å². The molecule has 3 heteroatoms. The zero-order valence-corrected chi connectivity index (χ0v) is 10.7. The second kappa shape index (κ2) is 5.19. The van der Waals surface area contributed by atoms with Crippen molar-refractivity contribution in [3.8, 4) is 11.6 Å². The van der Waals surface area contributed by atoms with Gasteiger partial charge in [-0.1, -0.05) is 18.2 Å². The zero-order valence-electron chi connectivity index (χ0n) is 9.90. The number of nitrogens with zero attached hydrogens (tertiary/aromatic N) is 1. The van der Waals surface area contributed by atoms with E-state index in [1.54, 1.807) is 6.20 Å². The van der Waals surface area contributed by atoms with Gasteiger partial charge in [-0.15, -0.1) is 11.6 Å². The molecule has 2 nitrogen and oxygen atoms in total. The topological polar surface area (TPSA) is 22.1 Å². The van der Waals surface area contributed by atoms with Crippen LogP contribution in [0, 0.1) is 13.8 Å². The molecule has 0 fully saturated rings. The summed E-state index contributed by atoms with van der Waals surface area (Å²) in [6, 6.07) is 9.74. The van der Waals surface area contributed by atoms with E-state index in [1.807, 2.05) is 31.2 Å². The molecule has 17 heavy (non-hydrogen) atoms. The average molecular weight is 248 g/mol. The van der Waals surface area contributed by atoms with Crippen LogP contribution < -0.4 is 4.74 Å². The molecule has 0 aliphatic carbocycles. The quantitative estimate of drug-likeness (QED) is 0.758. The molecule has 0 saturated heterocycles. The van der Waals surface area contributed by atoms with E-state index in [-0.39, 0.29) is 0 Å². The van der Waals surface area contributed by atoms with Crippen LogP contribution in [0.2, 0.25) is 0 Å². The van der Waals surface area contributed by atoms with Crippen molar-refractivity contribution in [2.75, 3.05) is 0 Å². The van der Waals surface area contributed by atoms with Gasteiger partial charge in [-0.3, -0.25) is 0 Å². The minimum absolute atomic E-state index is 0.397. The van der Waals surface area contributed by atoms with Crippen molar-refractivity contribution < 1.29 is 4.74 Å². The molecule has 2 rings (SSSR count). The van der Waals surface area contributed by atoms with Gasteiger partial charge in [0, 0.05) is 11.8 Å². The van der Waals surface area contributed by atoms with E-state index in [1.165, 1.54) is 5.56 Å². The first-order valence-electron chi connectivity index (χ1n) is 5.46. The van der Waals surface area contributed by atoms with E-state index in [0.29, 0.717) is 11.8 Å². The number of ether oxygens (including phenoxy) is 1. The fourth-order valence-electron chi connectivity index (χ4n) is 1.56. The molecule has 0 spiro atoms. The molecule has 1 aromatic heterocycles. The van der Waals surface area contributed by atoms with Crippen LogP contribution >= 0.6 is 11.6 Å². The minimum atomic E-state index is 0.397. The van der Waals surface area contributed by atoms with Crippen molar-refractivity contribution in [1.29, 1.82) is 0 Å². The number of aryl methyl sites for hydroxylation is 1. The summed E-state index contributed by atoms with van der Waals surface area (Å²) >= 11 is 5.85. The molecule has 0 aliphatic rings. The third-order valence-corrected chi connectivity index (χ3v) is 3.04. The van der Waals surface area contributed by atoms with Crippen LogP contribution in [0.3, 0.4) is 0 Å². The first kappa shape index (κ1) is 11.9. The molecular formula is C14H14ClNO. The van der Waals surface area contributed by atoms with Crippen molar-refractivity contribution in [3.05, 3.63) is 53.2 Å². The summed E-state index contributed by atoms with van der Waals surface area (Å²) in [5.41, 5.74) is 3.22. The summed E-state index contributed by atoms with van der Waals surface area (Å²) in [6.45, 7) is 4.09. The molecule has 0 atom stereocenters. The third-order valence-electron chi connectivity index (χ3n) is 2.76. The molecule has 0 N–H and O–H groups in total. The van der Waals surface area contributed by atoms with Crippen LogP contribution in [0.4, 0.5) is 0 Å². The number of alkyl halides is 1. The standard InChI is InChI=1S/C14H14ClNO/c1-10-5-3-7-13(11(10)2)17-14-12(9-15)6-4-8-16-14/h3-8H,9H2,1-2H3. The van der Waals surface area contributed by atoms with Gasteiger partial charge in [0.2, 0.25) is 5.88 Å². The van der Waals surface area contributed by atoms with Crippen LogP contribution in [0.5, 0.6) is 11.6 Å². The van der Waals surface area contributed by atoms with E-state index in [9.17, 15) is 0 Å². The molecule has 0 unspecified atom stereocenters. The number of hydrogen-bond acceptors (Lipinski definition) is 2. The molecule has 0 radical (unpaired) electrons. The number of pyridine rings is 1. The van der Waals surface area contributed by atoms with Gasteiger partial charge in [-0.05, 0) is 37.1 Å². The highest BCUT2D eigenvalue weighted by atomic mass is 35.5. The average Bonchev–Trinajstić information content (AvgIpc) is 2.35. The smallest absolute Gasteiger partial charge is 0.223 e. The first-order chi connectivity index (χ1) is 8.22. The van der Waals surface area contributed by atoms with Crippen molar-refractivity contribution in [3.63, 3.8) is 0 Å². The molecule has 88 valence electrons. The number of aromatic nitrogens is 1. The molecule has 0 bridgehead atoms. The second-order valence-corrected chi connectivity index (χ2v) is 4.17. The molecule has 0 amide bonds. The van der Waals surface area contributed by atoms with Gasteiger partial charge in [-0.25, -0.2) is 4.98 Å². The maximum Gasteiger partial charge on any atom is 0.223 e. The Morgan fingerprint density at radius 1 is 1.18 bits per heavy atom. The van der Waals surface area contributed by atoms with Crippen molar-refractivity contribution in [1.82, 2.24) is 4.98 Å². The highest BCUT2D eigenvalue weighted by molar-refractivity contribution is 6.17. The van der Waals surface area contributed by atoms with Crippen LogP contribution in [-0.2, 0) is 5.88 Å². The lowest BCUT2D eigenvalue weighted by atomic mass is 10.1. The predicted octanol–water partition coefficient (Wildman–Crippen LogP) is 4.23. The lowest BCUT2D eigenvalue weighted by molar-refractivity contribution is 0.454. The molecule has 0 aliphatic heterocycles. The second-order valence-electron chi connectivity index (χ2n) is 3.90. The summed E-state index contributed by atoms with van der Waals surface area (Å²) in [7, 11) is 0. The highest BCUT2D eigenvalue weighted by Gasteiger charge is 2.07. The number of benzene rings is 1. The molecule has 1 heterocycles. The molecule has 2 aromatic rings. The van der Waals surface area contributed by atoms with Gasteiger partial charge in [0.05, 0.1) is 5.88 Å². The van der Waals surface area contributed by atoms with Gasteiger partial charge in [0.25, 0.3) is 0 Å². The van der Waals surface area contributed by atoms with Crippen LogP contribution in [-0.4, -0.2) is 4.98 Å². The zero-order chi connectivity index (χ0) is 12.3. The normalized spacial score (nSPS) is 10.3. The Balaban J connectivity index is 2.35. The van der Waals surface area contributed by atoms with Gasteiger partial charge >= 0.3 is 0 Å². The summed E-state index contributed by atoms with van der Waals surface area (Å²) in [5, 5.41) is 0. The van der Waals surface area contributed by atoms with Crippen molar-refractivity contribution in [2.24, 2.45) is 0 Å². The molecular weight excluding hydrogens is 234 g/mol.